The van der Waals surface area contributed by atoms with Gasteiger partial charge in [0.15, 0.2) is 0 Å². The van der Waals surface area contributed by atoms with Gasteiger partial charge in [0.1, 0.15) is 6.42 Å². The summed E-state index contributed by atoms with van der Waals surface area (Å²) in [6.45, 7) is 10.7. The second-order valence-electron chi connectivity index (χ2n) is 6.72. The zero-order valence-electron chi connectivity index (χ0n) is 15.4. The molecule has 1 heterocycles. The number of benzene rings is 1. The first-order chi connectivity index (χ1) is 12.0. The number of hydrogen-bond acceptors (Lipinski definition) is 4. The maximum absolute atomic E-state index is 12.2. The second-order valence-corrected chi connectivity index (χ2v) is 6.72. The molecule has 1 aliphatic rings. The molecule has 1 aromatic carbocycles. The Labute approximate surface area is 149 Å². The fraction of sp³-hybridized carbons (Fsp3) is 0.579. The third-order valence-electron chi connectivity index (χ3n) is 4.37. The van der Waals surface area contributed by atoms with Gasteiger partial charge < -0.3 is 15.4 Å². The first-order valence-corrected chi connectivity index (χ1v) is 8.93. The van der Waals surface area contributed by atoms with Gasteiger partial charge in [-0.05, 0) is 24.0 Å². The predicted octanol–water partition coefficient (Wildman–Crippen LogP) is 1.90. The number of carbonyl (C=O) groups excluding carboxylic acids is 2. The SMILES string of the molecule is Cc1cccc(C(C)C)c1NC(=O)CC(=O)NCCN1CCOCC1. The van der Waals surface area contributed by atoms with Crippen molar-refractivity contribution in [1.82, 2.24) is 10.2 Å². The number of rotatable bonds is 7. The molecule has 2 N–H and O–H groups in total. The van der Waals surface area contributed by atoms with Crippen molar-refractivity contribution in [3.05, 3.63) is 29.3 Å². The molecular weight excluding hydrogens is 318 g/mol. The number of para-hydroxylation sites is 1. The Morgan fingerprint density at radius 3 is 2.60 bits per heavy atom. The zero-order chi connectivity index (χ0) is 18.2. The number of morpholine rings is 1. The van der Waals surface area contributed by atoms with Gasteiger partial charge in [-0.1, -0.05) is 32.0 Å². The lowest BCUT2D eigenvalue weighted by Gasteiger charge is -2.26. The van der Waals surface area contributed by atoms with Crippen LogP contribution >= 0.6 is 0 Å². The minimum Gasteiger partial charge on any atom is -0.379 e. The van der Waals surface area contributed by atoms with Gasteiger partial charge in [0.2, 0.25) is 11.8 Å². The highest BCUT2D eigenvalue weighted by molar-refractivity contribution is 6.04. The summed E-state index contributed by atoms with van der Waals surface area (Å²) in [5.41, 5.74) is 2.91. The third-order valence-corrected chi connectivity index (χ3v) is 4.37. The topological polar surface area (TPSA) is 70.7 Å². The molecular formula is C19H29N3O3. The molecule has 2 amide bonds. The molecule has 6 heteroatoms. The van der Waals surface area contributed by atoms with Gasteiger partial charge in [-0.2, -0.15) is 0 Å². The average Bonchev–Trinajstić information content (AvgIpc) is 2.57. The van der Waals surface area contributed by atoms with Crippen LogP contribution in [-0.2, 0) is 14.3 Å². The van der Waals surface area contributed by atoms with E-state index in [-0.39, 0.29) is 18.2 Å². The van der Waals surface area contributed by atoms with Crippen molar-refractivity contribution < 1.29 is 14.3 Å². The molecule has 1 fully saturated rings. The normalized spacial score (nSPS) is 15.2. The fourth-order valence-electron chi connectivity index (χ4n) is 2.91. The molecule has 0 saturated carbocycles. The van der Waals surface area contributed by atoms with E-state index in [0.29, 0.717) is 12.5 Å². The Bertz CT molecular complexity index is 596. The van der Waals surface area contributed by atoms with Crippen LogP contribution in [0.4, 0.5) is 5.69 Å². The highest BCUT2D eigenvalue weighted by atomic mass is 16.5. The Balaban J connectivity index is 1.79. The van der Waals surface area contributed by atoms with E-state index in [4.69, 9.17) is 4.74 Å². The van der Waals surface area contributed by atoms with E-state index in [2.05, 4.69) is 29.4 Å². The Kier molecular flexibility index (Phi) is 7.40. The molecule has 0 aromatic heterocycles. The van der Waals surface area contributed by atoms with Crippen molar-refractivity contribution in [2.45, 2.75) is 33.1 Å². The molecule has 0 aliphatic carbocycles. The van der Waals surface area contributed by atoms with Crippen LogP contribution in [0.25, 0.3) is 0 Å². The molecule has 0 atom stereocenters. The van der Waals surface area contributed by atoms with Gasteiger partial charge in [0.05, 0.1) is 13.2 Å². The molecule has 6 nitrogen and oxygen atoms in total. The van der Waals surface area contributed by atoms with Crippen molar-refractivity contribution in [3.8, 4) is 0 Å². The zero-order valence-corrected chi connectivity index (χ0v) is 15.4. The summed E-state index contributed by atoms with van der Waals surface area (Å²) in [7, 11) is 0. The molecule has 1 saturated heterocycles. The van der Waals surface area contributed by atoms with Crippen molar-refractivity contribution in [3.63, 3.8) is 0 Å². The summed E-state index contributed by atoms with van der Waals surface area (Å²) in [4.78, 5) is 26.4. The van der Waals surface area contributed by atoms with Crippen LogP contribution in [0.5, 0.6) is 0 Å². The highest BCUT2D eigenvalue weighted by Gasteiger charge is 2.15. The first-order valence-electron chi connectivity index (χ1n) is 8.93. The van der Waals surface area contributed by atoms with Crippen molar-refractivity contribution in [2.24, 2.45) is 0 Å². The monoisotopic (exact) mass is 347 g/mol. The van der Waals surface area contributed by atoms with E-state index in [1.807, 2.05) is 25.1 Å². The van der Waals surface area contributed by atoms with Gasteiger partial charge in [-0.25, -0.2) is 0 Å². The van der Waals surface area contributed by atoms with Crippen molar-refractivity contribution >= 4 is 17.5 Å². The lowest BCUT2D eigenvalue weighted by atomic mass is 9.98. The predicted molar refractivity (Wildman–Crippen MR) is 98.8 cm³/mol. The number of hydrogen-bond donors (Lipinski definition) is 2. The fourth-order valence-corrected chi connectivity index (χ4v) is 2.91. The number of amides is 2. The Morgan fingerprint density at radius 1 is 1.20 bits per heavy atom. The number of ether oxygens (including phenoxy) is 1. The van der Waals surface area contributed by atoms with E-state index in [1.165, 1.54) is 0 Å². The molecule has 25 heavy (non-hydrogen) atoms. The number of nitrogens with one attached hydrogen (secondary N) is 2. The summed E-state index contributed by atoms with van der Waals surface area (Å²) < 4.78 is 5.29. The van der Waals surface area contributed by atoms with Gasteiger partial charge in [0, 0.05) is 31.9 Å². The molecule has 0 unspecified atom stereocenters. The largest absolute Gasteiger partial charge is 0.379 e. The smallest absolute Gasteiger partial charge is 0.233 e. The quantitative estimate of drug-likeness (QED) is 0.739. The molecule has 0 radical (unpaired) electrons. The van der Waals surface area contributed by atoms with Crippen LogP contribution in [-0.4, -0.2) is 56.1 Å². The molecule has 138 valence electrons. The summed E-state index contributed by atoms with van der Waals surface area (Å²) in [6.07, 6.45) is -0.158. The standard InChI is InChI=1S/C19H29N3O3/c1-14(2)16-6-4-5-15(3)19(16)21-18(24)13-17(23)20-7-8-22-9-11-25-12-10-22/h4-6,14H,7-13H2,1-3H3,(H,20,23)(H,21,24). The summed E-state index contributed by atoms with van der Waals surface area (Å²) >= 11 is 0. The van der Waals surface area contributed by atoms with Crippen LogP contribution in [0, 0.1) is 6.92 Å². The van der Waals surface area contributed by atoms with Gasteiger partial charge >= 0.3 is 0 Å². The lowest BCUT2D eigenvalue weighted by Crippen LogP contribution is -2.41. The average molecular weight is 347 g/mol. The van der Waals surface area contributed by atoms with Gasteiger partial charge in [0.25, 0.3) is 0 Å². The van der Waals surface area contributed by atoms with Crippen LogP contribution in [0.3, 0.4) is 0 Å². The van der Waals surface area contributed by atoms with E-state index in [9.17, 15) is 9.59 Å². The van der Waals surface area contributed by atoms with Crippen molar-refractivity contribution in [1.29, 1.82) is 0 Å². The molecule has 2 rings (SSSR count). The lowest BCUT2D eigenvalue weighted by molar-refractivity contribution is -0.126. The highest BCUT2D eigenvalue weighted by Crippen LogP contribution is 2.27. The number of aryl methyl sites for hydroxylation is 1. The third kappa shape index (κ3) is 6.14. The van der Waals surface area contributed by atoms with E-state index in [0.717, 1.165) is 49.7 Å². The summed E-state index contributed by atoms with van der Waals surface area (Å²) in [5.74, 6) is -0.219. The van der Waals surface area contributed by atoms with Crippen LogP contribution < -0.4 is 10.6 Å². The molecule has 1 aromatic rings. The van der Waals surface area contributed by atoms with Crippen molar-refractivity contribution in [2.75, 3.05) is 44.7 Å². The first kappa shape index (κ1) is 19.4. The number of anilines is 1. The molecule has 0 spiro atoms. The maximum atomic E-state index is 12.2. The van der Waals surface area contributed by atoms with E-state index < -0.39 is 0 Å². The molecule has 1 aliphatic heterocycles. The van der Waals surface area contributed by atoms with E-state index in [1.54, 1.807) is 0 Å². The van der Waals surface area contributed by atoms with Gasteiger partial charge in [-0.15, -0.1) is 0 Å². The maximum Gasteiger partial charge on any atom is 0.233 e. The number of nitrogens with zero attached hydrogens (tertiary/aromatic N) is 1. The summed E-state index contributed by atoms with van der Waals surface area (Å²) in [6, 6.07) is 5.96. The van der Waals surface area contributed by atoms with Crippen LogP contribution in [0.2, 0.25) is 0 Å². The van der Waals surface area contributed by atoms with E-state index >= 15 is 0 Å². The summed E-state index contributed by atoms with van der Waals surface area (Å²) in [5, 5.41) is 5.72. The minimum absolute atomic E-state index is 0.158. The second kappa shape index (κ2) is 9.53. The van der Waals surface area contributed by atoms with Gasteiger partial charge in [-0.3, -0.25) is 14.5 Å². The van der Waals surface area contributed by atoms with Crippen LogP contribution in [0.15, 0.2) is 18.2 Å². The number of carbonyl (C=O) groups is 2. The Morgan fingerprint density at radius 2 is 1.92 bits per heavy atom. The molecule has 0 bridgehead atoms. The van der Waals surface area contributed by atoms with Crippen LogP contribution in [0.1, 0.15) is 37.3 Å². The minimum atomic E-state index is -0.278. The Hall–Kier alpha value is -1.92.